The molecule has 1 saturated carbocycles. The van der Waals surface area contributed by atoms with Crippen molar-refractivity contribution >= 4 is 12.0 Å². The number of hydrogen-bond acceptors (Lipinski definition) is 4. The molecule has 1 rings (SSSR count). The molecule has 0 aromatic rings. The zero-order valence-electron chi connectivity index (χ0n) is 8.62. The van der Waals surface area contributed by atoms with Crippen LogP contribution in [0.2, 0.25) is 0 Å². The van der Waals surface area contributed by atoms with Gasteiger partial charge >= 0.3 is 6.09 Å². The fraction of sp³-hybridized carbons (Fsp3) is 0.778. The highest BCUT2D eigenvalue weighted by Gasteiger charge is 2.36. The molecule has 0 saturated heterocycles. The third kappa shape index (κ3) is 3.39. The van der Waals surface area contributed by atoms with Crippen molar-refractivity contribution in [2.45, 2.75) is 31.2 Å². The van der Waals surface area contributed by atoms with Gasteiger partial charge < -0.3 is 21.5 Å². The number of carbonyl (C=O) groups excluding carboxylic acids is 2. The van der Waals surface area contributed by atoms with E-state index in [-0.39, 0.29) is 19.1 Å². The Hall–Kier alpha value is -1.30. The molecule has 0 unspecified atom stereocenters. The molecule has 1 aliphatic carbocycles. The van der Waals surface area contributed by atoms with Crippen LogP contribution in [0.5, 0.6) is 0 Å². The first kappa shape index (κ1) is 11.8. The van der Waals surface area contributed by atoms with E-state index in [1.54, 1.807) is 0 Å². The number of amides is 2. The summed E-state index contributed by atoms with van der Waals surface area (Å²) in [5, 5.41) is 2.62. The Bertz CT molecular complexity index is 249. The van der Waals surface area contributed by atoms with Crippen LogP contribution >= 0.6 is 0 Å². The second-order valence-electron chi connectivity index (χ2n) is 3.79. The highest BCUT2D eigenvalue weighted by Crippen LogP contribution is 2.26. The van der Waals surface area contributed by atoms with Crippen molar-refractivity contribution in [3.8, 4) is 0 Å². The Morgan fingerprint density at radius 3 is 2.47 bits per heavy atom. The Morgan fingerprint density at radius 1 is 1.33 bits per heavy atom. The molecule has 0 radical (unpaired) electrons. The third-order valence-corrected chi connectivity index (χ3v) is 2.58. The smallest absolute Gasteiger partial charge is 0.404 e. The minimum atomic E-state index is -0.840. The summed E-state index contributed by atoms with van der Waals surface area (Å²) in [4.78, 5) is 21.8. The molecule has 1 aliphatic rings. The van der Waals surface area contributed by atoms with E-state index in [4.69, 9.17) is 11.5 Å². The molecule has 0 aromatic carbocycles. The summed E-state index contributed by atoms with van der Waals surface area (Å²) < 4.78 is 4.47. The molecule has 0 atom stereocenters. The van der Waals surface area contributed by atoms with Crippen molar-refractivity contribution in [1.82, 2.24) is 5.32 Å². The van der Waals surface area contributed by atoms with Crippen LogP contribution < -0.4 is 16.8 Å². The number of ether oxygens (including phenoxy) is 1. The first-order chi connectivity index (χ1) is 7.04. The molecule has 0 spiro atoms. The lowest BCUT2D eigenvalue weighted by atomic mass is 9.98. The molecule has 0 bridgehead atoms. The molecule has 1 fully saturated rings. The number of nitrogens with one attached hydrogen (secondary N) is 1. The summed E-state index contributed by atoms with van der Waals surface area (Å²) in [5.74, 6) is -0.173. The van der Waals surface area contributed by atoms with Gasteiger partial charge in [-0.15, -0.1) is 0 Å². The largest absolute Gasteiger partial charge is 0.448 e. The number of nitrogens with two attached hydrogens (primary N) is 2. The van der Waals surface area contributed by atoms with E-state index >= 15 is 0 Å². The van der Waals surface area contributed by atoms with Crippen molar-refractivity contribution in [2.75, 3.05) is 13.2 Å². The van der Waals surface area contributed by atoms with Gasteiger partial charge in [-0.2, -0.15) is 0 Å². The van der Waals surface area contributed by atoms with Crippen LogP contribution in [0.3, 0.4) is 0 Å². The zero-order valence-corrected chi connectivity index (χ0v) is 8.62. The maximum Gasteiger partial charge on any atom is 0.404 e. The van der Waals surface area contributed by atoms with Gasteiger partial charge in [-0.3, -0.25) is 4.79 Å². The number of carbonyl (C=O) groups is 2. The van der Waals surface area contributed by atoms with Crippen LogP contribution in [0.25, 0.3) is 0 Å². The van der Waals surface area contributed by atoms with E-state index in [0.717, 1.165) is 25.7 Å². The van der Waals surface area contributed by atoms with Crippen LogP contribution in [0.4, 0.5) is 4.79 Å². The van der Waals surface area contributed by atoms with E-state index in [0.29, 0.717) is 0 Å². The van der Waals surface area contributed by atoms with Gasteiger partial charge in [0.05, 0.1) is 12.1 Å². The Morgan fingerprint density at radius 2 is 1.93 bits per heavy atom. The molecular formula is C9H17N3O3. The SMILES string of the molecule is NC(=O)OCCNC(=O)C1(N)CCCC1. The van der Waals surface area contributed by atoms with E-state index in [2.05, 4.69) is 10.1 Å². The first-order valence-electron chi connectivity index (χ1n) is 5.04. The lowest BCUT2D eigenvalue weighted by Gasteiger charge is -2.21. The Balaban J connectivity index is 2.21. The van der Waals surface area contributed by atoms with Gasteiger partial charge in [0.15, 0.2) is 0 Å². The molecule has 0 heterocycles. The summed E-state index contributed by atoms with van der Waals surface area (Å²) in [6, 6.07) is 0. The van der Waals surface area contributed by atoms with E-state index in [1.165, 1.54) is 0 Å². The average molecular weight is 215 g/mol. The van der Waals surface area contributed by atoms with Crippen LogP contribution in [0.1, 0.15) is 25.7 Å². The Kier molecular flexibility index (Phi) is 3.90. The van der Waals surface area contributed by atoms with Crippen molar-refractivity contribution in [1.29, 1.82) is 0 Å². The Labute approximate surface area is 88.3 Å². The fourth-order valence-electron chi connectivity index (χ4n) is 1.73. The van der Waals surface area contributed by atoms with Crippen molar-refractivity contribution in [3.63, 3.8) is 0 Å². The van der Waals surface area contributed by atoms with Crippen LogP contribution in [-0.2, 0) is 9.53 Å². The second kappa shape index (κ2) is 4.97. The van der Waals surface area contributed by atoms with E-state index in [9.17, 15) is 9.59 Å². The molecule has 0 aliphatic heterocycles. The average Bonchev–Trinajstić information content (AvgIpc) is 2.60. The number of hydrogen-bond donors (Lipinski definition) is 3. The molecule has 86 valence electrons. The standard InChI is InChI=1S/C9H17N3O3/c10-8(14)15-6-5-12-7(13)9(11)3-1-2-4-9/h1-6,11H2,(H2,10,14)(H,12,13). The maximum absolute atomic E-state index is 11.6. The monoisotopic (exact) mass is 215 g/mol. The second-order valence-corrected chi connectivity index (χ2v) is 3.79. The lowest BCUT2D eigenvalue weighted by Crippen LogP contribution is -2.52. The van der Waals surface area contributed by atoms with E-state index < -0.39 is 11.6 Å². The number of primary amides is 1. The summed E-state index contributed by atoms with van der Waals surface area (Å²) in [7, 11) is 0. The van der Waals surface area contributed by atoms with Crippen LogP contribution in [0.15, 0.2) is 0 Å². The van der Waals surface area contributed by atoms with Gasteiger partial charge in [0.1, 0.15) is 6.61 Å². The molecule has 2 amide bonds. The summed E-state index contributed by atoms with van der Waals surface area (Å²) in [6.45, 7) is 0.331. The molecule has 5 N–H and O–H groups in total. The summed E-state index contributed by atoms with van der Waals surface area (Å²) >= 11 is 0. The predicted molar refractivity (Wildman–Crippen MR) is 53.9 cm³/mol. The highest BCUT2D eigenvalue weighted by molar-refractivity contribution is 5.86. The van der Waals surface area contributed by atoms with E-state index in [1.807, 2.05) is 0 Å². The van der Waals surface area contributed by atoms with Crippen molar-refractivity contribution in [2.24, 2.45) is 11.5 Å². The van der Waals surface area contributed by atoms with Gasteiger partial charge in [-0.1, -0.05) is 12.8 Å². The van der Waals surface area contributed by atoms with Gasteiger partial charge in [0.25, 0.3) is 0 Å². The van der Waals surface area contributed by atoms with Crippen LogP contribution in [-0.4, -0.2) is 30.7 Å². The van der Waals surface area contributed by atoms with Gasteiger partial charge in [-0.25, -0.2) is 4.79 Å². The van der Waals surface area contributed by atoms with Crippen molar-refractivity contribution in [3.05, 3.63) is 0 Å². The summed E-state index contributed by atoms with van der Waals surface area (Å²) in [5.41, 5.74) is 9.93. The topological polar surface area (TPSA) is 107 Å². The van der Waals surface area contributed by atoms with Crippen molar-refractivity contribution < 1.29 is 14.3 Å². The summed E-state index contributed by atoms with van der Waals surface area (Å²) in [6.07, 6.45) is 2.57. The molecule has 15 heavy (non-hydrogen) atoms. The zero-order chi connectivity index (χ0) is 11.3. The normalized spacial score (nSPS) is 18.5. The molecule has 0 aromatic heterocycles. The van der Waals surface area contributed by atoms with Gasteiger partial charge in [-0.05, 0) is 12.8 Å². The fourth-order valence-corrected chi connectivity index (χ4v) is 1.73. The van der Waals surface area contributed by atoms with Gasteiger partial charge in [0.2, 0.25) is 5.91 Å². The van der Waals surface area contributed by atoms with Crippen LogP contribution in [0, 0.1) is 0 Å². The van der Waals surface area contributed by atoms with Gasteiger partial charge in [0, 0.05) is 0 Å². The number of rotatable bonds is 4. The molecule has 6 nitrogen and oxygen atoms in total. The first-order valence-corrected chi connectivity index (χ1v) is 5.04. The molecule has 6 heteroatoms. The quantitative estimate of drug-likeness (QED) is 0.548. The predicted octanol–water partition coefficient (Wildman–Crippen LogP) is -0.531. The lowest BCUT2D eigenvalue weighted by molar-refractivity contribution is -0.126. The minimum absolute atomic E-state index is 0.0805. The highest BCUT2D eigenvalue weighted by atomic mass is 16.5. The third-order valence-electron chi connectivity index (χ3n) is 2.58. The molecular weight excluding hydrogens is 198 g/mol. The minimum Gasteiger partial charge on any atom is -0.448 e. The maximum atomic E-state index is 11.6.